The Labute approximate surface area is 145 Å². The zero-order chi connectivity index (χ0) is 16.3. The van der Waals surface area contributed by atoms with Crippen LogP contribution in [0.4, 0.5) is 0 Å². The van der Waals surface area contributed by atoms with E-state index in [-0.39, 0.29) is 11.7 Å². The molecule has 0 saturated carbocycles. The Hall–Kier alpha value is 0.619. The molecule has 0 amide bonds. The molecule has 0 unspecified atom stereocenters. The first-order valence-corrected chi connectivity index (χ1v) is 19.3. The second kappa shape index (κ2) is 20.6. The second-order valence-corrected chi connectivity index (χ2v) is 16.5. The Balaban J connectivity index is 0. The molecule has 0 aliphatic heterocycles. The van der Waals surface area contributed by atoms with Crippen molar-refractivity contribution < 1.29 is 9.53 Å². The van der Waals surface area contributed by atoms with Gasteiger partial charge in [0.05, 0.1) is 12.4 Å². The molecule has 0 atom stereocenters. The first-order chi connectivity index (χ1) is 10.0. The fourth-order valence-corrected chi connectivity index (χ4v) is 1.91. The van der Waals surface area contributed by atoms with Crippen molar-refractivity contribution in [1.29, 1.82) is 0 Å². The molecule has 0 saturated heterocycles. The van der Waals surface area contributed by atoms with Gasteiger partial charge in [0.1, 0.15) is 0 Å². The summed E-state index contributed by atoms with van der Waals surface area (Å²) in [5, 5.41) is 0. The number of unbranched alkanes of at least 4 members (excludes halogenated alkanes) is 9. The number of carbonyl (C=O) groups is 1. The summed E-state index contributed by atoms with van der Waals surface area (Å²) in [5.74, 6) is -0.0122. The standard InChI is InChI=1S/C14H28O2S.3CH3.Sn.H/c1-2-3-4-5-6-7-8-9-10-11-12-16-14(15)13-17;;;;;/h17H,2-13H2,1H3;3*1H3;;. The van der Waals surface area contributed by atoms with Gasteiger partial charge in [0, 0.05) is 0 Å². The molecule has 0 aliphatic carbocycles. The molecule has 2 nitrogen and oxygen atoms in total. The maximum absolute atomic E-state index is 10.8. The molecule has 0 radical (unpaired) electrons. The van der Waals surface area contributed by atoms with Crippen LogP contribution in [0.15, 0.2) is 0 Å². The molecule has 21 heavy (non-hydrogen) atoms. The number of esters is 1. The van der Waals surface area contributed by atoms with Gasteiger partial charge in [-0.15, -0.1) is 0 Å². The quantitative estimate of drug-likeness (QED) is 0.194. The van der Waals surface area contributed by atoms with E-state index in [1.54, 1.807) is 0 Å². The van der Waals surface area contributed by atoms with Crippen molar-refractivity contribution in [1.82, 2.24) is 0 Å². The van der Waals surface area contributed by atoms with E-state index in [0.717, 1.165) is 6.42 Å². The van der Waals surface area contributed by atoms with Crippen molar-refractivity contribution in [3.05, 3.63) is 0 Å². The first kappa shape index (κ1) is 23.9. The molecular formula is C17H38O2SSn. The molecule has 0 aromatic rings. The van der Waals surface area contributed by atoms with E-state index in [4.69, 9.17) is 4.74 Å². The van der Waals surface area contributed by atoms with Crippen LogP contribution in [0.2, 0.25) is 14.8 Å². The van der Waals surface area contributed by atoms with Gasteiger partial charge in [-0.3, -0.25) is 4.79 Å². The van der Waals surface area contributed by atoms with E-state index in [0.29, 0.717) is 6.61 Å². The average molecular weight is 425 g/mol. The van der Waals surface area contributed by atoms with Gasteiger partial charge >= 0.3 is 40.5 Å². The maximum atomic E-state index is 10.8. The fourth-order valence-electron chi connectivity index (χ4n) is 1.82. The minimum atomic E-state index is -0.637. The normalized spacial score (nSPS) is 10.2. The molecule has 0 aliphatic rings. The molecule has 0 bridgehead atoms. The summed E-state index contributed by atoms with van der Waals surface area (Å²) in [6, 6.07) is 0. The SMILES string of the molecule is CCCCCCCCCCCCOC(=O)CS.[CH3][SnH]([CH3])[CH3]. The molecule has 0 aromatic carbocycles. The Morgan fingerprint density at radius 1 is 0.857 bits per heavy atom. The van der Waals surface area contributed by atoms with Gasteiger partial charge < -0.3 is 4.74 Å². The summed E-state index contributed by atoms with van der Waals surface area (Å²) < 4.78 is 4.95. The van der Waals surface area contributed by atoms with E-state index in [2.05, 4.69) is 34.4 Å². The zero-order valence-corrected chi connectivity index (χ0v) is 19.0. The monoisotopic (exact) mass is 426 g/mol. The van der Waals surface area contributed by atoms with Crippen LogP contribution in [-0.2, 0) is 9.53 Å². The predicted molar refractivity (Wildman–Crippen MR) is 101 cm³/mol. The second-order valence-electron chi connectivity index (χ2n) is 6.29. The van der Waals surface area contributed by atoms with Gasteiger partial charge in [-0.25, -0.2) is 0 Å². The number of ether oxygens (including phenoxy) is 1. The molecule has 0 aromatic heterocycles. The Kier molecular flexibility index (Phi) is 23.4. The Morgan fingerprint density at radius 2 is 1.24 bits per heavy atom. The number of hydrogen-bond donors (Lipinski definition) is 1. The third-order valence-electron chi connectivity index (χ3n) is 2.89. The zero-order valence-electron chi connectivity index (χ0n) is 14.8. The number of rotatable bonds is 12. The minimum absolute atomic E-state index is 0.192. The summed E-state index contributed by atoms with van der Waals surface area (Å²) in [5.41, 5.74) is 0. The van der Waals surface area contributed by atoms with Crippen molar-refractivity contribution in [3.63, 3.8) is 0 Å². The van der Waals surface area contributed by atoms with Gasteiger partial charge in [-0.1, -0.05) is 64.7 Å². The first-order valence-electron chi connectivity index (χ1n) is 8.81. The van der Waals surface area contributed by atoms with Crippen molar-refractivity contribution in [2.24, 2.45) is 0 Å². The van der Waals surface area contributed by atoms with E-state index in [1.807, 2.05) is 0 Å². The third kappa shape index (κ3) is 29.3. The Bertz CT molecular complexity index is 208. The predicted octanol–water partition coefficient (Wildman–Crippen LogP) is 5.48. The van der Waals surface area contributed by atoms with E-state index >= 15 is 0 Å². The van der Waals surface area contributed by atoms with Crippen LogP contribution in [0.1, 0.15) is 71.1 Å². The van der Waals surface area contributed by atoms with Crippen molar-refractivity contribution in [2.75, 3.05) is 12.4 Å². The van der Waals surface area contributed by atoms with Gasteiger partial charge in [-0.05, 0) is 6.42 Å². The molecule has 0 N–H and O–H groups in total. The van der Waals surface area contributed by atoms with E-state index in [1.165, 1.54) is 57.8 Å². The molecule has 0 rings (SSSR count). The number of thiol groups is 1. The van der Waals surface area contributed by atoms with Crippen LogP contribution < -0.4 is 0 Å². The van der Waals surface area contributed by atoms with Crippen molar-refractivity contribution >= 4 is 38.4 Å². The van der Waals surface area contributed by atoms with Crippen LogP contribution >= 0.6 is 12.6 Å². The van der Waals surface area contributed by atoms with Crippen LogP contribution in [0.25, 0.3) is 0 Å². The Morgan fingerprint density at radius 3 is 1.62 bits per heavy atom. The van der Waals surface area contributed by atoms with Crippen molar-refractivity contribution in [2.45, 2.75) is 86.0 Å². The van der Waals surface area contributed by atoms with Gasteiger partial charge in [0.2, 0.25) is 0 Å². The number of hydrogen-bond acceptors (Lipinski definition) is 3. The molecule has 0 fully saturated rings. The number of carbonyl (C=O) groups excluding carboxylic acids is 1. The van der Waals surface area contributed by atoms with Crippen molar-refractivity contribution in [3.8, 4) is 0 Å². The van der Waals surface area contributed by atoms with E-state index < -0.39 is 19.8 Å². The van der Waals surface area contributed by atoms with E-state index in [9.17, 15) is 4.79 Å². The summed E-state index contributed by atoms with van der Waals surface area (Å²) in [6.45, 7) is 2.82. The van der Waals surface area contributed by atoms with Crippen LogP contribution in [-0.4, -0.2) is 38.1 Å². The molecule has 4 heteroatoms. The van der Waals surface area contributed by atoms with Gasteiger partial charge in [0.25, 0.3) is 0 Å². The molecule has 0 heterocycles. The fraction of sp³-hybridized carbons (Fsp3) is 0.941. The molecular weight excluding hydrogens is 387 g/mol. The summed E-state index contributed by atoms with van der Waals surface area (Å²) in [4.78, 5) is 17.9. The third-order valence-corrected chi connectivity index (χ3v) is 3.15. The molecule has 128 valence electrons. The summed E-state index contributed by atoms with van der Waals surface area (Å²) >= 11 is 3.21. The van der Waals surface area contributed by atoms with Crippen LogP contribution in [0.5, 0.6) is 0 Å². The average Bonchev–Trinajstić information content (AvgIpc) is 2.43. The molecule has 0 spiro atoms. The summed E-state index contributed by atoms with van der Waals surface area (Å²) in [7, 11) is 0. The van der Waals surface area contributed by atoms with Gasteiger partial charge in [0.15, 0.2) is 0 Å². The van der Waals surface area contributed by atoms with Crippen LogP contribution in [0, 0.1) is 0 Å². The van der Waals surface area contributed by atoms with Gasteiger partial charge in [-0.2, -0.15) is 12.6 Å². The topological polar surface area (TPSA) is 26.3 Å². The van der Waals surface area contributed by atoms with Crippen LogP contribution in [0.3, 0.4) is 0 Å². The summed E-state index contributed by atoms with van der Waals surface area (Å²) in [6.07, 6.45) is 13.0.